The predicted molar refractivity (Wildman–Crippen MR) is 121 cm³/mol. The van der Waals surface area contributed by atoms with Crippen molar-refractivity contribution in [3.63, 3.8) is 0 Å². The Morgan fingerprint density at radius 3 is 2.41 bits per heavy atom. The quantitative estimate of drug-likeness (QED) is 0.738. The number of benzene rings is 2. The van der Waals surface area contributed by atoms with Crippen LogP contribution in [0.2, 0.25) is 0 Å². The topological polar surface area (TPSA) is 74.3 Å². The Morgan fingerprint density at radius 1 is 1.03 bits per heavy atom. The third-order valence-electron chi connectivity index (χ3n) is 6.92. The van der Waals surface area contributed by atoms with Crippen molar-refractivity contribution < 1.29 is 19.4 Å². The number of fused-ring (bicyclic) bond motifs is 2. The van der Waals surface area contributed by atoms with E-state index in [2.05, 4.69) is 46.6 Å². The summed E-state index contributed by atoms with van der Waals surface area (Å²) in [5, 5.41) is 14.8. The van der Waals surface area contributed by atoms with E-state index in [0.29, 0.717) is 39.3 Å². The second-order valence-corrected chi connectivity index (χ2v) is 8.87. The number of hydrogen-bond donors (Lipinski definition) is 2. The third kappa shape index (κ3) is 4.31. The van der Waals surface area contributed by atoms with Gasteiger partial charge in [0.05, 0.1) is 24.8 Å². The molecule has 2 aromatic rings. The maximum absolute atomic E-state index is 11.6. The summed E-state index contributed by atoms with van der Waals surface area (Å²) in [6.07, 6.45) is -1.18. The molecule has 1 amide bonds. The molecule has 7 nitrogen and oxygen atoms in total. The highest BCUT2D eigenvalue weighted by Gasteiger charge is 2.52. The molecule has 32 heavy (non-hydrogen) atoms. The van der Waals surface area contributed by atoms with E-state index in [4.69, 9.17) is 9.47 Å². The van der Waals surface area contributed by atoms with Crippen LogP contribution in [0.5, 0.6) is 0 Å². The first-order valence-electron chi connectivity index (χ1n) is 11.4. The number of carbonyl (C=O) groups is 1. The number of aliphatic hydroxyl groups excluding tert-OH is 1. The smallest absolute Gasteiger partial charge is 0.219 e. The summed E-state index contributed by atoms with van der Waals surface area (Å²) in [5.74, 6) is 0.0973. The van der Waals surface area contributed by atoms with E-state index in [1.54, 1.807) is 6.92 Å². The van der Waals surface area contributed by atoms with E-state index >= 15 is 0 Å². The lowest BCUT2D eigenvalue weighted by atomic mass is 9.94. The summed E-state index contributed by atoms with van der Waals surface area (Å²) in [5.41, 5.74) is 3.54. The van der Waals surface area contributed by atoms with E-state index in [9.17, 15) is 9.90 Å². The number of nitrogens with zero attached hydrogens (tertiary/aromatic N) is 2. The van der Waals surface area contributed by atoms with E-state index in [1.165, 1.54) is 11.1 Å². The molecule has 5 rings (SSSR count). The first-order valence-corrected chi connectivity index (χ1v) is 11.4. The van der Waals surface area contributed by atoms with Gasteiger partial charge < -0.3 is 24.8 Å². The first-order chi connectivity index (χ1) is 15.6. The minimum Gasteiger partial charge on any atom is -0.390 e. The molecular weight excluding hydrogens is 406 g/mol. The normalized spacial score (nSPS) is 30.4. The van der Waals surface area contributed by atoms with Crippen molar-refractivity contribution in [2.24, 2.45) is 0 Å². The Bertz CT molecular complexity index is 915. The molecule has 3 fully saturated rings. The lowest BCUT2D eigenvalue weighted by molar-refractivity contribution is -0.186. The van der Waals surface area contributed by atoms with E-state index in [0.717, 1.165) is 5.56 Å². The lowest BCUT2D eigenvalue weighted by Gasteiger charge is -2.46. The van der Waals surface area contributed by atoms with Crippen molar-refractivity contribution >= 4 is 5.91 Å². The minimum atomic E-state index is -0.603. The molecule has 3 heterocycles. The van der Waals surface area contributed by atoms with Crippen molar-refractivity contribution in [1.82, 2.24) is 15.1 Å². The van der Waals surface area contributed by atoms with Crippen molar-refractivity contribution in [1.29, 1.82) is 0 Å². The van der Waals surface area contributed by atoms with E-state index in [1.807, 2.05) is 23.1 Å². The third-order valence-corrected chi connectivity index (χ3v) is 6.92. The minimum absolute atomic E-state index is 0.0973. The second-order valence-electron chi connectivity index (χ2n) is 8.87. The number of rotatable bonds is 5. The van der Waals surface area contributed by atoms with Gasteiger partial charge in [0.15, 0.2) is 6.29 Å². The maximum atomic E-state index is 11.6. The van der Waals surface area contributed by atoms with Gasteiger partial charge >= 0.3 is 0 Å². The fourth-order valence-corrected chi connectivity index (χ4v) is 5.06. The number of ether oxygens (including phenoxy) is 2. The molecule has 2 aromatic carbocycles. The standard InChI is InChI=1S/C25H31N3O4/c1-17(29)27-11-13-28(14-12-27)23-24(30)22(21-16-31-25(23)32-21)26-15-18-7-9-20(10-8-18)19-5-3-2-4-6-19/h2-10,21-26,30H,11-16H2,1H3/t21-,22+,23-,24-,25+/m0/s1. The summed E-state index contributed by atoms with van der Waals surface area (Å²) in [7, 11) is 0. The van der Waals surface area contributed by atoms with Crippen molar-refractivity contribution in [3.8, 4) is 11.1 Å². The number of aliphatic hydroxyl groups is 1. The molecule has 3 aliphatic rings. The number of carbonyl (C=O) groups excluding carboxylic acids is 1. The molecule has 3 aliphatic heterocycles. The van der Waals surface area contributed by atoms with Crippen LogP contribution in [0.3, 0.4) is 0 Å². The molecule has 0 unspecified atom stereocenters. The molecule has 0 aliphatic carbocycles. The van der Waals surface area contributed by atoms with Crippen LogP contribution in [0.15, 0.2) is 54.6 Å². The van der Waals surface area contributed by atoms with Gasteiger partial charge in [0, 0.05) is 39.6 Å². The molecule has 0 saturated carbocycles. The Morgan fingerprint density at radius 2 is 1.72 bits per heavy atom. The average Bonchev–Trinajstić information content (AvgIpc) is 3.25. The van der Waals surface area contributed by atoms with Gasteiger partial charge in [-0.1, -0.05) is 54.6 Å². The molecule has 170 valence electrons. The van der Waals surface area contributed by atoms with Gasteiger partial charge in [-0.2, -0.15) is 0 Å². The Kier molecular flexibility index (Phi) is 6.26. The SMILES string of the molecule is CC(=O)N1CCN([C@@H]2[C@@H]3OC[C@H](O3)[C@@H](NCc3ccc(-c4ccccc4)cc3)[C@@H]2O)CC1. The monoisotopic (exact) mass is 437 g/mol. The van der Waals surface area contributed by atoms with Crippen molar-refractivity contribution in [2.45, 2.75) is 44.1 Å². The average molecular weight is 438 g/mol. The fraction of sp³-hybridized carbons (Fsp3) is 0.480. The van der Waals surface area contributed by atoms with Crippen LogP contribution in [-0.4, -0.2) is 84.2 Å². The largest absolute Gasteiger partial charge is 0.390 e. The summed E-state index contributed by atoms with van der Waals surface area (Å²) in [6, 6.07) is 18.4. The Balaban J connectivity index is 1.22. The van der Waals surface area contributed by atoms with Crippen LogP contribution in [0.25, 0.3) is 11.1 Å². The van der Waals surface area contributed by atoms with E-state index < -0.39 is 12.4 Å². The van der Waals surface area contributed by atoms with Crippen LogP contribution in [0.1, 0.15) is 12.5 Å². The zero-order valence-electron chi connectivity index (χ0n) is 18.4. The van der Waals surface area contributed by atoms with Crippen molar-refractivity contribution in [3.05, 3.63) is 60.2 Å². The van der Waals surface area contributed by atoms with Crippen molar-refractivity contribution in [2.75, 3.05) is 32.8 Å². The van der Waals surface area contributed by atoms with Gasteiger partial charge in [0.2, 0.25) is 5.91 Å². The molecule has 0 aromatic heterocycles. The molecule has 0 radical (unpaired) electrons. The maximum Gasteiger partial charge on any atom is 0.219 e. The van der Waals surface area contributed by atoms with Gasteiger partial charge in [-0.15, -0.1) is 0 Å². The molecule has 0 spiro atoms. The molecule has 7 heteroatoms. The number of amides is 1. The molecule has 2 N–H and O–H groups in total. The van der Waals surface area contributed by atoms with Crippen LogP contribution in [0.4, 0.5) is 0 Å². The Labute approximate surface area is 188 Å². The number of hydrogen-bond acceptors (Lipinski definition) is 6. The summed E-state index contributed by atoms with van der Waals surface area (Å²) < 4.78 is 12.0. The van der Waals surface area contributed by atoms with Crippen LogP contribution in [-0.2, 0) is 20.8 Å². The fourth-order valence-electron chi connectivity index (χ4n) is 5.06. The Hall–Kier alpha value is -2.29. The van der Waals surface area contributed by atoms with Gasteiger partial charge in [-0.05, 0) is 16.7 Å². The van der Waals surface area contributed by atoms with Crippen LogP contribution >= 0.6 is 0 Å². The highest BCUT2D eigenvalue weighted by atomic mass is 16.7. The van der Waals surface area contributed by atoms with Gasteiger partial charge in [-0.3, -0.25) is 9.69 Å². The number of piperazine rings is 1. The number of nitrogens with one attached hydrogen (secondary N) is 1. The lowest BCUT2D eigenvalue weighted by Crippen LogP contribution is -2.66. The summed E-state index contributed by atoms with van der Waals surface area (Å²) in [6.45, 7) is 5.49. The molecule has 3 saturated heterocycles. The zero-order valence-corrected chi connectivity index (χ0v) is 18.4. The van der Waals surface area contributed by atoms with E-state index in [-0.39, 0.29) is 24.1 Å². The summed E-state index contributed by atoms with van der Waals surface area (Å²) in [4.78, 5) is 15.7. The molecule has 5 atom stereocenters. The zero-order chi connectivity index (χ0) is 22.1. The van der Waals surface area contributed by atoms with Crippen LogP contribution < -0.4 is 5.32 Å². The predicted octanol–water partition coefficient (Wildman–Crippen LogP) is 1.46. The highest BCUT2D eigenvalue weighted by Crippen LogP contribution is 2.32. The summed E-state index contributed by atoms with van der Waals surface area (Å²) >= 11 is 0. The molecule has 2 bridgehead atoms. The van der Waals surface area contributed by atoms with Gasteiger partial charge in [0.1, 0.15) is 6.10 Å². The first kappa shape index (κ1) is 21.6. The van der Waals surface area contributed by atoms with Crippen LogP contribution in [0, 0.1) is 0 Å². The highest BCUT2D eigenvalue weighted by molar-refractivity contribution is 5.73. The molecular formula is C25H31N3O4. The van der Waals surface area contributed by atoms with Gasteiger partial charge in [0.25, 0.3) is 0 Å². The second kappa shape index (κ2) is 9.29. The van der Waals surface area contributed by atoms with Gasteiger partial charge in [-0.25, -0.2) is 0 Å².